The highest BCUT2D eigenvalue weighted by atomic mass is 35.5. The third-order valence-electron chi connectivity index (χ3n) is 3.72. The summed E-state index contributed by atoms with van der Waals surface area (Å²) in [6, 6.07) is 12.1. The van der Waals surface area contributed by atoms with Crippen LogP contribution in [0.5, 0.6) is 5.75 Å². The van der Waals surface area contributed by atoms with Crippen LogP contribution in [0.1, 0.15) is 10.4 Å². The summed E-state index contributed by atoms with van der Waals surface area (Å²) in [5, 5.41) is 0.539. The summed E-state index contributed by atoms with van der Waals surface area (Å²) >= 11 is 5.78. The molecule has 0 amide bonds. The first-order valence-corrected chi connectivity index (χ1v) is 9.44. The third-order valence-corrected chi connectivity index (χ3v) is 5.89. The summed E-state index contributed by atoms with van der Waals surface area (Å²) in [6.07, 6.45) is 0. The number of halogens is 1. The van der Waals surface area contributed by atoms with E-state index < -0.39 is 16.0 Å². The lowest BCUT2D eigenvalue weighted by molar-refractivity contribution is 0.0730. The van der Waals surface area contributed by atoms with E-state index in [1.54, 1.807) is 24.3 Å². The van der Waals surface area contributed by atoms with Crippen molar-refractivity contribution in [1.29, 1.82) is 0 Å². The fourth-order valence-corrected chi connectivity index (χ4v) is 3.90. The quantitative estimate of drug-likeness (QED) is 0.601. The molecule has 0 N–H and O–H groups in total. The van der Waals surface area contributed by atoms with Gasteiger partial charge in [-0.05, 0) is 48.5 Å². The summed E-state index contributed by atoms with van der Waals surface area (Å²) in [4.78, 5) is 12.3. The van der Waals surface area contributed by atoms with Crippen molar-refractivity contribution in [2.75, 3.05) is 26.3 Å². The number of morpholine rings is 1. The Labute approximate surface area is 151 Å². The fourth-order valence-electron chi connectivity index (χ4n) is 2.37. The molecule has 0 aliphatic carbocycles. The van der Waals surface area contributed by atoms with Crippen LogP contribution < -0.4 is 4.74 Å². The SMILES string of the molecule is O=C(Oc1ccc(Cl)cc1)c1ccc(S(=O)(=O)N2CCOCC2)cc1. The molecule has 1 fully saturated rings. The highest BCUT2D eigenvalue weighted by molar-refractivity contribution is 7.89. The molecule has 132 valence electrons. The monoisotopic (exact) mass is 381 g/mol. The van der Waals surface area contributed by atoms with E-state index in [9.17, 15) is 13.2 Å². The van der Waals surface area contributed by atoms with Gasteiger partial charge in [0.05, 0.1) is 23.7 Å². The summed E-state index contributed by atoms with van der Waals surface area (Å²) in [5.74, 6) is -0.211. The first-order chi connectivity index (χ1) is 12.0. The Morgan fingerprint density at radius 3 is 2.20 bits per heavy atom. The van der Waals surface area contributed by atoms with Gasteiger partial charge in [-0.3, -0.25) is 0 Å². The zero-order chi connectivity index (χ0) is 17.9. The predicted octanol–water partition coefficient (Wildman–Crippen LogP) is 2.58. The van der Waals surface area contributed by atoms with Gasteiger partial charge >= 0.3 is 5.97 Å². The number of sulfonamides is 1. The molecule has 0 aromatic heterocycles. The molecule has 1 heterocycles. The zero-order valence-corrected chi connectivity index (χ0v) is 14.8. The Kier molecular flexibility index (Phi) is 5.39. The minimum absolute atomic E-state index is 0.137. The van der Waals surface area contributed by atoms with Crippen LogP contribution in [0.15, 0.2) is 53.4 Å². The Morgan fingerprint density at radius 2 is 1.60 bits per heavy atom. The molecule has 0 radical (unpaired) electrons. The van der Waals surface area contributed by atoms with Crippen LogP contribution in [-0.4, -0.2) is 45.0 Å². The molecule has 25 heavy (non-hydrogen) atoms. The van der Waals surface area contributed by atoms with Crippen LogP contribution in [-0.2, 0) is 14.8 Å². The van der Waals surface area contributed by atoms with Crippen LogP contribution >= 0.6 is 11.6 Å². The standard InChI is InChI=1S/C17H16ClNO5S/c18-14-3-5-15(6-4-14)24-17(20)13-1-7-16(8-2-13)25(21,22)19-9-11-23-12-10-19/h1-8H,9-12H2. The maximum absolute atomic E-state index is 12.5. The number of carbonyl (C=O) groups is 1. The van der Waals surface area contributed by atoms with E-state index >= 15 is 0 Å². The minimum atomic E-state index is -3.58. The highest BCUT2D eigenvalue weighted by Crippen LogP contribution is 2.20. The van der Waals surface area contributed by atoms with Crippen molar-refractivity contribution in [3.05, 3.63) is 59.1 Å². The van der Waals surface area contributed by atoms with Gasteiger partial charge in [-0.1, -0.05) is 11.6 Å². The summed E-state index contributed by atoms with van der Waals surface area (Å²) in [5.41, 5.74) is 0.260. The highest BCUT2D eigenvalue weighted by Gasteiger charge is 2.26. The number of hydrogen-bond donors (Lipinski definition) is 0. The van der Waals surface area contributed by atoms with Crippen LogP contribution in [0.25, 0.3) is 0 Å². The van der Waals surface area contributed by atoms with Gasteiger partial charge in [0.25, 0.3) is 0 Å². The largest absolute Gasteiger partial charge is 0.423 e. The van der Waals surface area contributed by atoms with E-state index in [-0.39, 0.29) is 10.5 Å². The number of hydrogen-bond acceptors (Lipinski definition) is 5. The molecule has 6 nitrogen and oxygen atoms in total. The first kappa shape index (κ1) is 17.9. The average molecular weight is 382 g/mol. The van der Waals surface area contributed by atoms with Gasteiger partial charge in [0.1, 0.15) is 5.75 Å². The Hall–Kier alpha value is -1.93. The zero-order valence-electron chi connectivity index (χ0n) is 13.2. The second kappa shape index (κ2) is 7.53. The topological polar surface area (TPSA) is 72.9 Å². The Morgan fingerprint density at radius 1 is 1.00 bits per heavy atom. The summed E-state index contributed by atoms with van der Waals surface area (Å²) in [6.45, 7) is 1.40. The van der Waals surface area contributed by atoms with Crippen molar-refractivity contribution in [1.82, 2.24) is 4.31 Å². The van der Waals surface area contributed by atoms with Gasteiger partial charge in [0.2, 0.25) is 10.0 Å². The Bertz CT molecular complexity index is 844. The molecule has 0 unspecified atom stereocenters. The van der Waals surface area contributed by atoms with Crippen LogP contribution in [0.4, 0.5) is 0 Å². The van der Waals surface area contributed by atoms with E-state index in [1.165, 1.54) is 28.6 Å². The van der Waals surface area contributed by atoms with Gasteiger partial charge in [-0.25, -0.2) is 13.2 Å². The molecule has 0 bridgehead atoms. The number of carbonyl (C=O) groups excluding carboxylic acids is 1. The Balaban J connectivity index is 1.73. The van der Waals surface area contributed by atoms with E-state index in [2.05, 4.69) is 0 Å². The number of benzene rings is 2. The summed E-state index contributed by atoms with van der Waals surface area (Å²) < 4.78 is 36.8. The second-order valence-corrected chi connectivity index (χ2v) is 7.76. The van der Waals surface area contributed by atoms with E-state index in [0.717, 1.165) is 0 Å². The van der Waals surface area contributed by atoms with Crippen molar-refractivity contribution in [3.8, 4) is 5.75 Å². The molecule has 1 saturated heterocycles. The second-order valence-electron chi connectivity index (χ2n) is 5.38. The number of esters is 1. The predicted molar refractivity (Wildman–Crippen MR) is 92.4 cm³/mol. The third kappa shape index (κ3) is 4.19. The van der Waals surface area contributed by atoms with Crippen LogP contribution in [0, 0.1) is 0 Å². The molecule has 2 aromatic carbocycles. The number of nitrogens with zero attached hydrogens (tertiary/aromatic N) is 1. The van der Waals surface area contributed by atoms with Crippen LogP contribution in [0.3, 0.4) is 0 Å². The maximum atomic E-state index is 12.5. The molecule has 1 aliphatic heterocycles. The molecule has 8 heteroatoms. The maximum Gasteiger partial charge on any atom is 0.343 e. The van der Waals surface area contributed by atoms with E-state index in [4.69, 9.17) is 21.1 Å². The van der Waals surface area contributed by atoms with Crippen molar-refractivity contribution >= 4 is 27.6 Å². The normalized spacial score (nSPS) is 15.7. The molecular weight excluding hydrogens is 366 g/mol. The van der Waals surface area contributed by atoms with Gasteiger partial charge in [0, 0.05) is 18.1 Å². The lowest BCUT2D eigenvalue weighted by atomic mass is 10.2. The number of ether oxygens (including phenoxy) is 2. The lowest BCUT2D eigenvalue weighted by Crippen LogP contribution is -2.40. The van der Waals surface area contributed by atoms with E-state index in [1.807, 2.05) is 0 Å². The molecule has 1 aliphatic rings. The van der Waals surface area contributed by atoms with Gasteiger partial charge < -0.3 is 9.47 Å². The molecule has 0 atom stereocenters. The fraction of sp³-hybridized carbons (Fsp3) is 0.235. The van der Waals surface area contributed by atoms with Gasteiger partial charge in [-0.15, -0.1) is 0 Å². The van der Waals surface area contributed by atoms with Gasteiger partial charge in [0.15, 0.2) is 0 Å². The van der Waals surface area contributed by atoms with Gasteiger partial charge in [-0.2, -0.15) is 4.31 Å². The smallest absolute Gasteiger partial charge is 0.343 e. The van der Waals surface area contributed by atoms with Crippen molar-refractivity contribution < 1.29 is 22.7 Å². The number of rotatable bonds is 4. The van der Waals surface area contributed by atoms with E-state index in [0.29, 0.717) is 37.1 Å². The van der Waals surface area contributed by atoms with Crippen molar-refractivity contribution in [2.45, 2.75) is 4.90 Å². The minimum Gasteiger partial charge on any atom is -0.423 e. The molecule has 2 aromatic rings. The molecular formula is C17H16ClNO5S. The van der Waals surface area contributed by atoms with Crippen molar-refractivity contribution in [2.24, 2.45) is 0 Å². The summed E-state index contributed by atoms with van der Waals surface area (Å²) in [7, 11) is -3.58. The molecule has 0 spiro atoms. The molecule has 0 saturated carbocycles. The first-order valence-electron chi connectivity index (χ1n) is 7.62. The molecule has 3 rings (SSSR count). The lowest BCUT2D eigenvalue weighted by Gasteiger charge is -2.26. The van der Waals surface area contributed by atoms with Crippen LogP contribution in [0.2, 0.25) is 5.02 Å². The average Bonchev–Trinajstić information content (AvgIpc) is 2.64. The van der Waals surface area contributed by atoms with Crippen molar-refractivity contribution in [3.63, 3.8) is 0 Å².